The molecule has 0 atom stereocenters. The second kappa shape index (κ2) is 4.97. The molecule has 0 aliphatic carbocycles. The number of aromatic nitrogens is 1. The van der Waals surface area contributed by atoms with Gasteiger partial charge in [0.2, 0.25) is 0 Å². The molecule has 0 fully saturated rings. The average molecular weight is 249 g/mol. The van der Waals surface area contributed by atoms with Crippen LogP contribution in [0.1, 0.15) is 16.6 Å². The van der Waals surface area contributed by atoms with Crippen molar-refractivity contribution in [3.63, 3.8) is 0 Å². The van der Waals surface area contributed by atoms with Gasteiger partial charge in [-0.15, -0.1) is 11.3 Å². The van der Waals surface area contributed by atoms with Gasteiger partial charge in [0.1, 0.15) is 10.6 Å². The van der Waals surface area contributed by atoms with Gasteiger partial charge in [-0.05, 0) is 31.2 Å². The summed E-state index contributed by atoms with van der Waals surface area (Å²) in [5.74, 6) is -0.196. The number of carboxylic acid groups (broad SMARTS) is 1. The number of carboxylic acids is 1. The minimum atomic E-state index is -0.910. The fraction of sp³-hybridized carbons (Fsp3) is 0.167. The standard InChI is InChI=1S/C12H11NO3S/c1-2-16-8-3-4-9(13-7-8)10-5-6-11(17-10)12(14)15/h3-7H,2H2,1H3,(H,14,15). The van der Waals surface area contributed by atoms with E-state index < -0.39 is 5.97 Å². The highest BCUT2D eigenvalue weighted by molar-refractivity contribution is 7.17. The molecule has 88 valence electrons. The fourth-order valence-corrected chi connectivity index (χ4v) is 2.19. The number of ether oxygens (including phenoxy) is 1. The number of carbonyl (C=O) groups is 1. The Labute approximate surface area is 103 Å². The lowest BCUT2D eigenvalue weighted by Gasteiger charge is -2.02. The van der Waals surface area contributed by atoms with Gasteiger partial charge >= 0.3 is 5.97 Å². The summed E-state index contributed by atoms with van der Waals surface area (Å²) in [6, 6.07) is 6.99. The molecule has 2 aromatic rings. The summed E-state index contributed by atoms with van der Waals surface area (Å²) in [5, 5.41) is 8.83. The minimum Gasteiger partial charge on any atom is -0.492 e. The Morgan fingerprint density at radius 1 is 1.41 bits per heavy atom. The molecule has 5 heteroatoms. The maximum atomic E-state index is 10.8. The van der Waals surface area contributed by atoms with Crippen LogP contribution in [-0.4, -0.2) is 22.7 Å². The van der Waals surface area contributed by atoms with Crippen molar-refractivity contribution in [3.8, 4) is 16.3 Å². The van der Waals surface area contributed by atoms with E-state index in [1.54, 1.807) is 18.3 Å². The van der Waals surface area contributed by atoms with Gasteiger partial charge in [0.05, 0.1) is 23.4 Å². The third-order valence-electron chi connectivity index (χ3n) is 2.12. The van der Waals surface area contributed by atoms with Gasteiger partial charge < -0.3 is 9.84 Å². The Bertz CT molecular complexity index is 519. The SMILES string of the molecule is CCOc1ccc(-c2ccc(C(=O)O)s2)nc1. The molecule has 0 amide bonds. The summed E-state index contributed by atoms with van der Waals surface area (Å²) in [6.45, 7) is 2.51. The van der Waals surface area contributed by atoms with E-state index in [0.29, 0.717) is 17.2 Å². The Morgan fingerprint density at radius 2 is 2.24 bits per heavy atom. The Morgan fingerprint density at radius 3 is 2.76 bits per heavy atom. The molecule has 0 radical (unpaired) electrons. The van der Waals surface area contributed by atoms with Crippen LogP contribution < -0.4 is 4.74 Å². The minimum absolute atomic E-state index is 0.315. The lowest BCUT2D eigenvalue weighted by molar-refractivity contribution is 0.0702. The van der Waals surface area contributed by atoms with E-state index >= 15 is 0 Å². The molecule has 0 saturated heterocycles. The van der Waals surface area contributed by atoms with Crippen LogP contribution in [-0.2, 0) is 0 Å². The van der Waals surface area contributed by atoms with Gasteiger partial charge in [-0.2, -0.15) is 0 Å². The first-order valence-corrected chi connectivity index (χ1v) is 5.94. The summed E-state index contributed by atoms with van der Waals surface area (Å²) in [7, 11) is 0. The zero-order chi connectivity index (χ0) is 12.3. The largest absolute Gasteiger partial charge is 0.492 e. The van der Waals surface area contributed by atoms with Crippen molar-refractivity contribution in [3.05, 3.63) is 35.3 Å². The fourth-order valence-electron chi connectivity index (χ4n) is 1.37. The van der Waals surface area contributed by atoms with Crippen molar-refractivity contribution in [2.75, 3.05) is 6.61 Å². The van der Waals surface area contributed by atoms with Gasteiger partial charge in [0, 0.05) is 0 Å². The van der Waals surface area contributed by atoms with E-state index in [2.05, 4.69) is 4.98 Å². The maximum absolute atomic E-state index is 10.8. The number of rotatable bonds is 4. The van der Waals surface area contributed by atoms with E-state index in [0.717, 1.165) is 10.6 Å². The molecule has 0 aliphatic heterocycles. The van der Waals surface area contributed by atoms with Crippen molar-refractivity contribution < 1.29 is 14.6 Å². The Balaban J connectivity index is 2.23. The summed E-state index contributed by atoms with van der Waals surface area (Å²) in [5.41, 5.74) is 0.756. The van der Waals surface area contributed by atoms with E-state index in [1.165, 1.54) is 11.3 Å². The maximum Gasteiger partial charge on any atom is 0.345 e. The van der Waals surface area contributed by atoms with Gasteiger partial charge in [-0.3, -0.25) is 4.98 Å². The second-order valence-electron chi connectivity index (χ2n) is 3.28. The summed E-state index contributed by atoms with van der Waals surface area (Å²) in [4.78, 5) is 16.1. The van der Waals surface area contributed by atoms with Gasteiger partial charge in [0.15, 0.2) is 0 Å². The van der Waals surface area contributed by atoms with Crippen LogP contribution in [0, 0.1) is 0 Å². The van der Waals surface area contributed by atoms with E-state index in [1.807, 2.05) is 19.1 Å². The van der Waals surface area contributed by atoms with Crippen molar-refractivity contribution >= 4 is 17.3 Å². The molecule has 0 aliphatic rings. The van der Waals surface area contributed by atoms with Gasteiger partial charge in [-0.25, -0.2) is 4.79 Å². The molecule has 2 aromatic heterocycles. The molecule has 2 rings (SSSR count). The number of hydrogen-bond acceptors (Lipinski definition) is 4. The third-order valence-corrected chi connectivity index (χ3v) is 3.21. The monoisotopic (exact) mass is 249 g/mol. The average Bonchev–Trinajstić information content (AvgIpc) is 2.80. The molecule has 4 nitrogen and oxygen atoms in total. The highest BCUT2D eigenvalue weighted by atomic mass is 32.1. The van der Waals surface area contributed by atoms with Crippen LogP contribution >= 0.6 is 11.3 Å². The van der Waals surface area contributed by atoms with Gasteiger partial charge in [0.25, 0.3) is 0 Å². The smallest absolute Gasteiger partial charge is 0.345 e. The summed E-state index contributed by atoms with van der Waals surface area (Å²) >= 11 is 1.21. The van der Waals surface area contributed by atoms with Crippen molar-refractivity contribution in [2.45, 2.75) is 6.92 Å². The number of aromatic carboxylic acids is 1. The molecule has 0 unspecified atom stereocenters. The van der Waals surface area contributed by atoms with Crippen LogP contribution in [0.4, 0.5) is 0 Å². The number of nitrogens with zero attached hydrogens (tertiary/aromatic N) is 1. The highest BCUT2D eigenvalue weighted by Gasteiger charge is 2.09. The van der Waals surface area contributed by atoms with Crippen LogP contribution in [0.2, 0.25) is 0 Å². The van der Waals surface area contributed by atoms with Crippen LogP contribution in [0.25, 0.3) is 10.6 Å². The first-order chi connectivity index (χ1) is 8.20. The first kappa shape index (κ1) is 11.6. The molecular formula is C12H11NO3S. The normalized spacial score (nSPS) is 10.2. The Hall–Kier alpha value is -1.88. The van der Waals surface area contributed by atoms with Crippen LogP contribution in [0.3, 0.4) is 0 Å². The topological polar surface area (TPSA) is 59.4 Å². The van der Waals surface area contributed by atoms with Crippen molar-refractivity contribution in [2.24, 2.45) is 0 Å². The quantitative estimate of drug-likeness (QED) is 0.905. The van der Waals surface area contributed by atoms with E-state index in [-0.39, 0.29) is 0 Å². The molecule has 0 spiro atoms. The van der Waals surface area contributed by atoms with Crippen molar-refractivity contribution in [1.29, 1.82) is 0 Å². The zero-order valence-corrected chi connectivity index (χ0v) is 10.0. The summed E-state index contributed by atoms with van der Waals surface area (Å²) < 4.78 is 5.29. The second-order valence-corrected chi connectivity index (χ2v) is 4.36. The third kappa shape index (κ3) is 2.62. The van der Waals surface area contributed by atoms with E-state index in [9.17, 15) is 4.79 Å². The number of pyridine rings is 1. The Kier molecular flexibility index (Phi) is 3.39. The summed E-state index contributed by atoms with van der Waals surface area (Å²) in [6.07, 6.45) is 1.64. The highest BCUT2D eigenvalue weighted by Crippen LogP contribution is 2.27. The molecule has 0 bridgehead atoms. The van der Waals surface area contributed by atoms with Gasteiger partial charge in [-0.1, -0.05) is 0 Å². The number of thiophene rings is 1. The number of hydrogen-bond donors (Lipinski definition) is 1. The molecule has 17 heavy (non-hydrogen) atoms. The predicted molar refractivity (Wildman–Crippen MR) is 65.7 cm³/mol. The zero-order valence-electron chi connectivity index (χ0n) is 9.21. The van der Waals surface area contributed by atoms with Crippen LogP contribution in [0.15, 0.2) is 30.5 Å². The van der Waals surface area contributed by atoms with E-state index in [4.69, 9.17) is 9.84 Å². The lowest BCUT2D eigenvalue weighted by atomic mass is 10.3. The van der Waals surface area contributed by atoms with Crippen molar-refractivity contribution in [1.82, 2.24) is 4.98 Å². The molecule has 2 heterocycles. The molecule has 0 saturated carbocycles. The predicted octanol–water partition coefficient (Wildman–Crippen LogP) is 2.91. The first-order valence-electron chi connectivity index (χ1n) is 5.13. The molecular weight excluding hydrogens is 238 g/mol. The molecule has 0 aromatic carbocycles. The van der Waals surface area contributed by atoms with Crippen LogP contribution in [0.5, 0.6) is 5.75 Å². The lowest BCUT2D eigenvalue weighted by Crippen LogP contribution is -1.92. The molecule has 1 N–H and O–H groups in total.